The highest BCUT2D eigenvalue weighted by Crippen LogP contribution is 2.27. The minimum Gasteiger partial charge on any atom is -0.332 e. The maximum absolute atomic E-state index is 4.75. The number of hydrogen-bond donors (Lipinski definition) is 0. The molecular formula is C24H20N6. The van der Waals surface area contributed by atoms with Gasteiger partial charge in [-0.1, -0.05) is 29.8 Å². The number of hydrogen-bond acceptors (Lipinski definition) is 6. The molecule has 1 aliphatic heterocycles. The van der Waals surface area contributed by atoms with Crippen LogP contribution in [0.3, 0.4) is 0 Å². The van der Waals surface area contributed by atoms with Gasteiger partial charge in [0, 0.05) is 37.9 Å². The molecule has 0 aliphatic carbocycles. The van der Waals surface area contributed by atoms with E-state index in [2.05, 4.69) is 50.0 Å². The van der Waals surface area contributed by atoms with Crippen LogP contribution in [0, 0.1) is 6.92 Å². The van der Waals surface area contributed by atoms with Gasteiger partial charge in [0.25, 0.3) is 0 Å². The van der Waals surface area contributed by atoms with Gasteiger partial charge in [-0.05, 0) is 54.0 Å². The summed E-state index contributed by atoms with van der Waals surface area (Å²) in [6.45, 7) is 3.75. The monoisotopic (exact) mass is 392 g/mol. The Kier molecular flexibility index (Phi) is 4.73. The molecule has 0 saturated heterocycles. The van der Waals surface area contributed by atoms with Gasteiger partial charge in [0.2, 0.25) is 5.95 Å². The molecule has 1 aromatic carbocycles. The maximum atomic E-state index is 4.75. The topological polar surface area (TPSA) is 67.7 Å². The predicted molar refractivity (Wildman–Crippen MR) is 117 cm³/mol. The van der Waals surface area contributed by atoms with E-state index in [1.165, 1.54) is 16.7 Å². The highest BCUT2D eigenvalue weighted by molar-refractivity contribution is 5.68. The van der Waals surface area contributed by atoms with Crippen LogP contribution in [-0.2, 0) is 13.1 Å². The molecule has 6 nitrogen and oxygen atoms in total. The SMILES string of the molecule is Cc1ccc2c(c1)CN(c1nccc(-c3nccc(/C=C/c4ccncc4)n3)n1)C2. The maximum Gasteiger partial charge on any atom is 0.226 e. The Bertz CT molecular complexity index is 1220. The lowest BCUT2D eigenvalue weighted by atomic mass is 10.1. The Morgan fingerprint density at radius 1 is 0.800 bits per heavy atom. The van der Waals surface area contributed by atoms with E-state index < -0.39 is 0 Å². The molecule has 5 rings (SSSR count). The lowest BCUT2D eigenvalue weighted by Gasteiger charge is -2.15. The minimum absolute atomic E-state index is 0.586. The quantitative estimate of drug-likeness (QED) is 0.515. The van der Waals surface area contributed by atoms with Crippen LogP contribution in [0.25, 0.3) is 23.7 Å². The van der Waals surface area contributed by atoms with Gasteiger partial charge < -0.3 is 4.90 Å². The molecule has 0 bridgehead atoms. The second-order valence-corrected chi connectivity index (χ2v) is 7.29. The second-order valence-electron chi connectivity index (χ2n) is 7.29. The number of aryl methyl sites for hydroxylation is 1. The Labute approximate surface area is 175 Å². The van der Waals surface area contributed by atoms with Crippen molar-refractivity contribution < 1.29 is 0 Å². The van der Waals surface area contributed by atoms with Crippen molar-refractivity contribution in [1.29, 1.82) is 0 Å². The van der Waals surface area contributed by atoms with Crippen LogP contribution in [-0.4, -0.2) is 24.9 Å². The summed E-state index contributed by atoms with van der Waals surface area (Å²) >= 11 is 0. The first kappa shape index (κ1) is 18.1. The molecule has 0 saturated carbocycles. The average Bonchev–Trinajstić information content (AvgIpc) is 3.22. The van der Waals surface area contributed by atoms with Crippen LogP contribution >= 0.6 is 0 Å². The standard InChI is InChI=1S/C24H20N6/c1-17-2-4-19-15-30(16-20(19)14-17)24-27-13-9-22(29-24)23-26-12-8-21(28-23)5-3-18-6-10-25-11-7-18/h2-14H,15-16H2,1H3/b5-3+. The van der Waals surface area contributed by atoms with E-state index in [0.29, 0.717) is 17.5 Å². The number of anilines is 1. The fourth-order valence-electron chi connectivity index (χ4n) is 3.54. The van der Waals surface area contributed by atoms with Crippen molar-refractivity contribution in [3.05, 3.63) is 95.2 Å². The molecule has 0 unspecified atom stereocenters. The highest BCUT2D eigenvalue weighted by Gasteiger charge is 2.21. The third-order valence-corrected chi connectivity index (χ3v) is 5.07. The van der Waals surface area contributed by atoms with Crippen molar-refractivity contribution in [2.45, 2.75) is 20.0 Å². The summed E-state index contributed by atoms with van der Waals surface area (Å²) in [6.07, 6.45) is 11.0. The smallest absolute Gasteiger partial charge is 0.226 e. The minimum atomic E-state index is 0.586. The van der Waals surface area contributed by atoms with Crippen LogP contribution in [0.4, 0.5) is 5.95 Å². The molecular weight excluding hydrogens is 372 g/mol. The Morgan fingerprint density at radius 3 is 2.53 bits per heavy atom. The first-order valence-corrected chi connectivity index (χ1v) is 9.82. The molecule has 0 N–H and O–H groups in total. The fraction of sp³-hybridized carbons (Fsp3) is 0.125. The molecule has 0 radical (unpaired) electrons. The summed E-state index contributed by atoms with van der Waals surface area (Å²) in [5, 5.41) is 0. The van der Waals surface area contributed by atoms with Crippen molar-refractivity contribution in [2.75, 3.05) is 4.90 Å². The molecule has 146 valence electrons. The molecule has 1 aliphatic rings. The van der Waals surface area contributed by atoms with E-state index in [1.54, 1.807) is 24.8 Å². The lowest BCUT2D eigenvalue weighted by Crippen LogP contribution is -2.17. The molecule has 0 atom stereocenters. The Hall–Kier alpha value is -3.93. The van der Waals surface area contributed by atoms with Gasteiger partial charge >= 0.3 is 0 Å². The number of nitrogens with zero attached hydrogens (tertiary/aromatic N) is 6. The number of aromatic nitrogens is 5. The molecule has 6 heteroatoms. The zero-order valence-corrected chi connectivity index (χ0v) is 16.6. The zero-order valence-electron chi connectivity index (χ0n) is 16.6. The van der Waals surface area contributed by atoms with E-state index >= 15 is 0 Å². The van der Waals surface area contributed by atoms with Crippen molar-refractivity contribution in [2.24, 2.45) is 0 Å². The van der Waals surface area contributed by atoms with E-state index in [4.69, 9.17) is 4.98 Å². The van der Waals surface area contributed by atoms with E-state index in [0.717, 1.165) is 24.3 Å². The van der Waals surface area contributed by atoms with Crippen molar-refractivity contribution >= 4 is 18.1 Å². The predicted octanol–water partition coefficient (Wildman–Crippen LogP) is 4.33. The van der Waals surface area contributed by atoms with Gasteiger partial charge in [-0.2, -0.15) is 0 Å². The summed E-state index contributed by atoms with van der Waals surface area (Å²) in [7, 11) is 0. The summed E-state index contributed by atoms with van der Waals surface area (Å²) < 4.78 is 0. The second kappa shape index (κ2) is 7.83. The molecule has 4 heterocycles. The number of rotatable bonds is 4. The molecule has 4 aromatic rings. The first-order valence-electron chi connectivity index (χ1n) is 9.82. The average molecular weight is 392 g/mol. The van der Waals surface area contributed by atoms with E-state index in [-0.39, 0.29) is 0 Å². The molecule has 0 fully saturated rings. The summed E-state index contributed by atoms with van der Waals surface area (Å²) in [4.78, 5) is 24.5. The third-order valence-electron chi connectivity index (χ3n) is 5.07. The van der Waals surface area contributed by atoms with Crippen LogP contribution in [0.1, 0.15) is 27.9 Å². The normalized spacial score (nSPS) is 13.0. The van der Waals surface area contributed by atoms with Crippen molar-refractivity contribution in [3.8, 4) is 11.5 Å². The molecule has 0 amide bonds. The molecule has 0 spiro atoms. The largest absolute Gasteiger partial charge is 0.332 e. The van der Waals surface area contributed by atoms with Gasteiger partial charge in [0.05, 0.1) is 5.69 Å². The number of pyridine rings is 1. The Balaban J connectivity index is 1.39. The van der Waals surface area contributed by atoms with Crippen LogP contribution in [0.5, 0.6) is 0 Å². The van der Waals surface area contributed by atoms with Crippen LogP contribution in [0.15, 0.2) is 67.3 Å². The lowest BCUT2D eigenvalue weighted by molar-refractivity contribution is 0.828. The van der Waals surface area contributed by atoms with E-state index in [1.807, 2.05) is 36.4 Å². The van der Waals surface area contributed by atoms with Gasteiger partial charge in [-0.15, -0.1) is 0 Å². The highest BCUT2D eigenvalue weighted by atomic mass is 15.3. The third kappa shape index (κ3) is 3.80. The first-order chi connectivity index (χ1) is 14.7. The van der Waals surface area contributed by atoms with Crippen LogP contribution < -0.4 is 4.90 Å². The molecule has 3 aromatic heterocycles. The summed E-state index contributed by atoms with van der Waals surface area (Å²) in [5.41, 5.74) is 6.54. The van der Waals surface area contributed by atoms with Gasteiger partial charge in [-0.25, -0.2) is 19.9 Å². The Morgan fingerprint density at radius 2 is 1.63 bits per heavy atom. The van der Waals surface area contributed by atoms with E-state index in [9.17, 15) is 0 Å². The summed E-state index contributed by atoms with van der Waals surface area (Å²) in [6, 6.07) is 14.2. The number of fused-ring (bicyclic) bond motifs is 1. The van der Waals surface area contributed by atoms with Gasteiger partial charge in [-0.3, -0.25) is 4.98 Å². The molecule has 30 heavy (non-hydrogen) atoms. The summed E-state index contributed by atoms with van der Waals surface area (Å²) in [5.74, 6) is 1.28. The van der Waals surface area contributed by atoms with Crippen molar-refractivity contribution in [3.63, 3.8) is 0 Å². The van der Waals surface area contributed by atoms with Gasteiger partial charge in [0.15, 0.2) is 5.82 Å². The van der Waals surface area contributed by atoms with Gasteiger partial charge in [0.1, 0.15) is 5.69 Å². The van der Waals surface area contributed by atoms with Crippen molar-refractivity contribution in [1.82, 2.24) is 24.9 Å². The fourth-order valence-corrected chi connectivity index (χ4v) is 3.54. The number of benzene rings is 1. The van der Waals surface area contributed by atoms with Crippen LogP contribution in [0.2, 0.25) is 0 Å². The zero-order chi connectivity index (χ0) is 20.3.